The lowest BCUT2D eigenvalue weighted by atomic mass is 10.2. The van der Waals surface area contributed by atoms with E-state index in [4.69, 9.17) is 9.47 Å². The molecule has 3 rings (SSSR count). The van der Waals surface area contributed by atoms with Gasteiger partial charge in [0.2, 0.25) is 5.96 Å². The first-order valence-electron chi connectivity index (χ1n) is 6.85. The smallest absolute Gasteiger partial charge is 0.276 e. The summed E-state index contributed by atoms with van der Waals surface area (Å²) < 4.78 is 10.4. The van der Waals surface area contributed by atoms with Gasteiger partial charge in [-0.15, -0.1) is 0 Å². The van der Waals surface area contributed by atoms with E-state index < -0.39 is 0 Å². The molecular formula is C15H17N3O3. The van der Waals surface area contributed by atoms with Crippen molar-refractivity contribution < 1.29 is 14.3 Å². The van der Waals surface area contributed by atoms with Gasteiger partial charge < -0.3 is 14.4 Å². The Hall–Kier alpha value is -2.34. The molecule has 0 spiro atoms. The molecule has 0 bridgehead atoms. The number of hydrogen-bond donors (Lipinski definition) is 1. The number of methoxy groups -OCH3 is 1. The molecule has 110 valence electrons. The normalized spacial score (nSPS) is 20.4. The zero-order valence-corrected chi connectivity index (χ0v) is 11.8. The third-order valence-corrected chi connectivity index (χ3v) is 3.41. The Morgan fingerprint density at radius 1 is 1.29 bits per heavy atom. The first-order valence-corrected chi connectivity index (χ1v) is 6.85. The van der Waals surface area contributed by atoms with E-state index in [2.05, 4.69) is 10.3 Å². The van der Waals surface area contributed by atoms with Crippen LogP contribution in [-0.2, 0) is 9.53 Å². The van der Waals surface area contributed by atoms with Crippen LogP contribution in [0.15, 0.2) is 35.0 Å². The van der Waals surface area contributed by atoms with Crippen LogP contribution >= 0.6 is 0 Å². The Kier molecular flexibility index (Phi) is 3.87. The van der Waals surface area contributed by atoms with E-state index in [9.17, 15) is 4.79 Å². The van der Waals surface area contributed by atoms with E-state index in [-0.39, 0.29) is 5.91 Å². The summed E-state index contributed by atoms with van der Waals surface area (Å²) in [5.74, 6) is 1.22. The number of carbonyl (C=O) groups is 1. The molecule has 1 fully saturated rings. The van der Waals surface area contributed by atoms with Gasteiger partial charge in [-0.2, -0.15) is 0 Å². The van der Waals surface area contributed by atoms with Gasteiger partial charge in [0.05, 0.1) is 20.3 Å². The first kappa shape index (κ1) is 13.6. The highest BCUT2D eigenvalue weighted by Gasteiger charge is 2.25. The number of ether oxygens (including phenoxy) is 2. The van der Waals surface area contributed by atoms with Crippen LogP contribution in [0.1, 0.15) is 5.56 Å². The Morgan fingerprint density at radius 2 is 2.00 bits per heavy atom. The van der Waals surface area contributed by atoms with Gasteiger partial charge >= 0.3 is 0 Å². The highest BCUT2D eigenvalue weighted by Crippen LogP contribution is 2.17. The third kappa shape index (κ3) is 3.05. The van der Waals surface area contributed by atoms with Crippen LogP contribution in [0.4, 0.5) is 0 Å². The van der Waals surface area contributed by atoms with Crippen LogP contribution < -0.4 is 10.1 Å². The highest BCUT2D eigenvalue weighted by molar-refractivity contribution is 6.13. The van der Waals surface area contributed by atoms with Gasteiger partial charge in [0, 0.05) is 13.1 Å². The van der Waals surface area contributed by atoms with Crippen molar-refractivity contribution >= 4 is 17.9 Å². The SMILES string of the molecule is COc1ccc(C=C2N=C(N3CCOCC3)NC2=O)cc1. The van der Waals surface area contributed by atoms with Crippen molar-refractivity contribution in [3.8, 4) is 5.75 Å². The quantitative estimate of drug-likeness (QED) is 0.819. The van der Waals surface area contributed by atoms with E-state index in [1.54, 1.807) is 13.2 Å². The maximum Gasteiger partial charge on any atom is 0.276 e. The van der Waals surface area contributed by atoms with Gasteiger partial charge in [-0.25, -0.2) is 4.99 Å². The molecular weight excluding hydrogens is 270 g/mol. The number of aliphatic imine (C=N–C) groups is 1. The molecule has 0 saturated carbocycles. The van der Waals surface area contributed by atoms with Gasteiger partial charge in [0.15, 0.2) is 0 Å². The van der Waals surface area contributed by atoms with Crippen molar-refractivity contribution in [2.75, 3.05) is 33.4 Å². The summed E-state index contributed by atoms with van der Waals surface area (Å²) in [4.78, 5) is 18.4. The van der Waals surface area contributed by atoms with Crippen LogP contribution in [-0.4, -0.2) is 50.2 Å². The van der Waals surface area contributed by atoms with Gasteiger partial charge in [0.1, 0.15) is 11.4 Å². The lowest BCUT2D eigenvalue weighted by Crippen LogP contribution is -2.46. The molecule has 21 heavy (non-hydrogen) atoms. The molecule has 1 amide bonds. The molecule has 0 atom stereocenters. The van der Waals surface area contributed by atoms with E-state index in [1.165, 1.54) is 0 Å². The summed E-state index contributed by atoms with van der Waals surface area (Å²) in [6.45, 7) is 2.81. The molecule has 0 radical (unpaired) electrons. The summed E-state index contributed by atoms with van der Waals surface area (Å²) in [5.41, 5.74) is 1.33. The molecule has 1 aromatic rings. The number of hydrogen-bond acceptors (Lipinski definition) is 5. The Labute approximate surface area is 123 Å². The first-order chi connectivity index (χ1) is 10.3. The number of nitrogens with zero attached hydrogens (tertiary/aromatic N) is 2. The maximum atomic E-state index is 12.0. The lowest BCUT2D eigenvalue weighted by molar-refractivity contribution is -0.115. The molecule has 1 saturated heterocycles. The fourth-order valence-corrected chi connectivity index (χ4v) is 2.24. The molecule has 0 aliphatic carbocycles. The Morgan fingerprint density at radius 3 is 2.67 bits per heavy atom. The molecule has 2 aliphatic heterocycles. The molecule has 1 aromatic carbocycles. The third-order valence-electron chi connectivity index (χ3n) is 3.41. The molecule has 1 N–H and O–H groups in total. The van der Waals surface area contributed by atoms with Crippen LogP contribution in [0.25, 0.3) is 6.08 Å². The van der Waals surface area contributed by atoms with Gasteiger partial charge in [-0.05, 0) is 23.8 Å². The number of rotatable bonds is 2. The summed E-state index contributed by atoms with van der Waals surface area (Å²) >= 11 is 0. The minimum Gasteiger partial charge on any atom is -0.497 e. The topological polar surface area (TPSA) is 63.2 Å². The van der Waals surface area contributed by atoms with Crippen molar-refractivity contribution in [1.82, 2.24) is 10.2 Å². The van der Waals surface area contributed by atoms with Crippen molar-refractivity contribution in [3.05, 3.63) is 35.5 Å². The fourth-order valence-electron chi connectivity index (χ4n) is 2.24. The van der Waals surface area contributed by atoms with E-state index in [0.717, 1.165) is 24.4 Å². The molecule has 6 nitrogen and oxygen atoms in total. The Bertz CT molecular complexity index is 587. The van der Waals surface area contributed by atoms with Crippen LogP contribution in [0.3, 0.4) is 0 Å². The monoisotopic (exact) mass is 287 g/mol. The predicted molar refractivity (Wildman–Crippen MR) is 78.9 cm³/mol. The average Bonchev–Trinajstić information content (AvgIpc) is 2.90. The van der Waals surface area contributed by atoms with Crippen molar-refractivity contribution in [3.63, 3.8) is 0 Å². The van der Waals surface area contributed by atoms with Crippen LogP contribution in [0.5, 0.6) is 5.75 Å². The predicted octanol–water partition coefficient (Wildman–Crippen LogP) is 0.854. The molecule has 0 unspecified atom stereocenters. The largest absolute Gasteiger partial charge is 0.497 e. The summed E-state index contributed by atoms with van der Waals surface area (Å²) in [6, 6.07) is 7.49. The van der Waals surface area contributed by atoms with Crippen molar-refractivity contribution in [2.45, 2.75) is 0 Å². The van der Waals surface area contributed by atoms with Gasteiger partial charge in [-0.1, -0.05) is 12.1 Å². The molecule has 2 aliphatic rings. The standard InChI is InChI=1S/C15H17N3O3/c1-20-12-4-2-11(3-5-12)10-13-14(19)17-15(16-13)18-6-8-21-9-7-18/h2-5,10H,6-9H2,1H3,(H,16,17,19). The second-order valence-corrected chi connectivity index (χ2v) is 4.79. The zero-order valence-electron chi connectivity index (χ0n) is 11.8. The van der Waals surface area contributed by atoms with Gasteiger partial charge in [-0.3, -0.25) is 10.1 Å². The summed E-state index contributed by atoms with van der Waals surface area (Å²) in [6.07, 6.45) is 1.77. The minimum atomic E-state index is -0.174. The Balaban J connectivity index is 1.78. The number of guanidine groups is 1. The molecule has 6 heteroatoms. The zero-order chi connectivity index (χ0) is 14.7. The van der Waals surface area contributed by atoms with E-state index in [0.29, 0.717) is 24.9 Å². The van der Waals surface area contributed by atoms with Crippen molar-refractivity contribution in [2.24, 2.45) is 4.99 Å². The van der Waals surface area contributed by atoms with Crippen LogP contribution in [0, 0.1) is 0 Å². The summed E-state index contributed by atoms with van der Waals surface area (Å²) in [5, 5.41) is 2.80. The second-order valence-electron chi connectivity index (χ2n) is 4.79. The molecule has 0 aromatic heterocycles. The number of amides is 1. The number of nitrogens with one attached hydrogen (secondary N) is 1. The van der Waals surface area contributed by atoms with Gasteiger partial charge in [0.25, 0.3) is 5.91 Å². The molecule has 2 heterocycles. The second kappa shape index (κ2) is 5.97. The minimum absolute atomic E-state index is 0.174. The number of morpholine rings is 1. The highest BCUT2D eigenvalue weighted by atomic mass is 16.5. The van der Waals surface area contributed by atoms with E-state index >= 15 is 0 Å². The lowest BCUT2D eigenvalue weighted by Gasteiger charge is -2.27. The van der Waals surface area contributed by atoms with Crippen LogP contribution in [0.2, 0.25) is 0 Å². The fraction of sp³-hybridized carbons (Fsp3) is 0.333. The van der Waals surface area contributed by atoms with E-state index in [1.807, 2.05) is 29.2 Å². The average molecular weight is 287 g/mol. The number of carbonyl (C=O) groups excluding carboxylic acids is 1. The summed E-state index contributed by atoms with van der Waals surface area (Å²) in [7, 11) is 1.62. The number of benzene rings is 1. The maximum absolute atomic E-state index is 12.0. The van der Waals surface area contributed by atoms with Crippen molar-refractivity contribution in [1.29, 1.82) is 0 Å².